The number of anilines is 1. The second-order valence-corrected chi connectivity index (χ2v) is 8.84. The number of carbonyl (C=O) groups is 1. The van der Waals surface area contributed by atoms with Gasteiger partial charge >= 0.3 is 0 Å². The van der Waals surface area contributed by atoms with Gasteiger partial charge in [-0.15, -0.1) is 10.2 Å². The Hall–Kier alpha value is -3.43. The standard InChI is InChI=1S/C23H16ClF2N5OS/c24-17-12-16(10-11-18(17)26)27-22(32)20-19(13-6-8-15(25)9-7-13)30-31-21(28-29-23(31)33-20)14-4-2-1-3-5-14/h1-12,19-20,30H,(H,27,32)/t19-,20+/m1/s1. The van der Waals surface area contributed by atoms with Crippen LogP contribution in [0.15, 0.2) is 78.0 Å². The highest BCUT2D eigenvalue weighted by Crippen LogP contribution is 2.39. The van der Waals surface area contributed by atoms with Crippen molar-refractivity contribution in [3.8, 4) is 11.4 Å². The first-order valence-corrected chi connectivity index (χ1v) is 11.2. The molecule has 1 amide bonds. The smallest absolute Gasteiger partial charge is 0.240 e. The second-order valence-electron chi connectivity index (χ2n) is 7.32. The van der Waals surface area contributed by atoms with Gasteiger partial charge in [0.1, 0.15) is 16.9 Å². The number of carbonyl (C=O) groups excluding carboxylic acids is 1. The van der Waals surface area contributed by atoms with Crippen LogP contribution >= 0.6 is 23.4 Å². The van der Waals surface area contributed by atoms with Crippen LogP contribution in [-0.4, -0.2) is 26.0 Å². The number of fused-ring (bicyclic) bond motifs is 1. The van der Waals surface area contributed by atoms with Crippen LogP contribution in [0.25, 0.3) is 11.4 Å². The zero-order chi connectivity index (χ0) is 22.9. The highest BCUT2D eigenvalue weighted by molar-refractivity contribution is 8.00. The maximum Gasteiger partial charge on any atom is 0.240 e. The van der Waals surface area contributed by atoms with E-state index in [0.717, 1.165) is 5.56 Å². The van der Waals surface area contributed by atoms with Gasteiger partial charge in [0, 0.05) is 11.3 Å². The molecule has 5 rings (SSSR count). The third-order valence-electron chi connectivity index (χ3n) is 5.14. The maximum absolute atomic E-state index is 13.6. The zero-order valence-corrected chi connectivity index (χ0v) is 18.4. The molecule has 6 nitrogen and oxygen atoms in total. The molecule has 33 heavy (non-hydrogen) atoms. The Kier molecular flexibility index (Phi) is 5.74. The molecule has 0 unspecified atom stereocenters. The minimum Gasteiger partial charge on any atom is -0.325 e. The lowest BCUT2D eigenvalue weighted by Gasteiger charge is -2.33. The quantitative estimate of drug-likeness (QED) is 0.413. The van der Waals surface area contributed by atoms with Gasteiger partial charge in [-0.3, -0.25) is 4.79 Å². The molecule has 0 saturated carbocycles. The van der Waals surface area contributed by atoms with Gasteiger partial charge in [-0.05, 0) is 35.9 Å². The molecule has 4 aromatic rings. The van der Waals surface area contributed by atoms with Crippen molar-refractivity contribution in [3.05, 3.63) is 95.0 Å². The SMILES string of the molecule is O=C(Nc1ccc(F)c(Cl)c1)[C@H]1Sc2nnc(-c3ccccc3)n2N[C@@H]1c1ccc(F)cc1. The van der Waals surface area contributed by atoms with Gasteiger partial charge in [0.25, 0.3) is 0 Å². The summed E-state index contributed by atoms with van der Waals surface area (Å²) in [5.41, 5.74) is 5.24. The van der Waals surface area contributed by atoms with Crippen LogP contribution in [-0.2, 0) is 4.79 Å². The van der Waals surface area contributed by atoms with E-state index in [2.05, 4.69) is 20.9 Å². The normalized spacial score (nSPS) is 17.2. The summed E-state index contributed by atoms with van der Waals surface area (Å²) in [6.45, 7) is 0. The molecule has 10 heteroatoms. The van der Waals surface area contributed by atoms with Crippen molar-refractivity contribution >= 4 is 35.0 Å². The van der Waals surface area contributed by atoms with E-state index < -0.39 is 17.1 Å². The summed E-state index contributed by atoms with van der Waals surface area (Å²) in [4.78, 5) is 13.3. The van der Waals surface area contributed by atoms with E-state index in [1.807, 2.05) is 30.3 Å². The van der Waals surface area contributed by atoms with Crippen LogP contribution < -0.4 is 10.7 Å². The predicted octanol–water partition coefficient (Wildman–Crippen LogP) is 5.27. The molecule has 0 spiro atoms. The van der Waals surface area contributed by atoms with Gasteiger partial charge in [0.15, 0.2) is 5.82 Å². The number of amides is 1. The lowest BCUT2D eigenvalue weighted by molar-refractivity contribution is -0.116. The molecule has 0 aliphatic carbocycles. The molecule has 2 atom stereocenters. The Morgan fingerprint density at radius 3 is 2.52 bits per heavy atom. The van der Waals surface area contributed by atoms with Crippen LogP contribution in [0.4, 0.5) is 14.5 Å². The van der Waals surface area contributed by atoms with Gasteiger partial charge in [0.05, 0.1) is 11.1 Å². The van der Waals surface area contributed by atoms with Crippen molar-refractivity contribution in [1.29, 1.82) is 0 Å². The molecular weight excluding hydrogens is 468 g/mol. The van der Waals surface area contributed by atoms with Crippen LogP contribution in [0.2, 0.25) is 5.02 Å². The van der Waals surface area contributed by atoms with E-state index in [1.165, 1.54) is 42.1 Å². The number of hydrogen-bond donors (Lipinski definition) is 2. The average molecular weight is 484 g/mol. The topological polar surface area (TPSA) is 71.8 Å². The zero-order valence-electron chi connectivity index (χ0n) is 16.9. The van der Waals surface area contributed by atoms with Gasteiger partial charge in [-0.1, -0.05) is 65.8 Å². The van der Waals surface area contributed by atoms with Gasteiger partial charge in [0.2, 0.25) is 11.1 Å². The fourth-order valence-corrected chi connectivity index (χ4v) is 4.80. The molecule has 2 N–H and O–H groups in total. The number of nitrogens with zero attached hydrogens (tertiary/aromatic N) is 3. The summed E-state index contributed by atoms with van der Waals surface area (Å²) in [5.74, 6) is -0.706. The summed E-state index contributed by atoms with van der Waals surface area (Å²) in [7, 11) is 0. The summed E-state index contributed by atoms with van der Waals surface area (Å²) >= 11 is 7.08. The molecule has 3 aromatic carbocycles. The van der Waals surface area contributed by atoms with Gasteiger partial charge in [-0.2, -0.15) is 0 Å². The number of aromatic nitrogens is 3. The van der Waals surface area contributed by atoms with Crippen molar-refractivity contribution in [2.75, 3.05) is 10.7 Å². The fraction of sp³-hybridized carbons (Fsp3) is 0.0870. The van der Waals surface area contributed by atoms with Crippen LogP contribution in [0, 0.1) is 11.6 Å². The second kappa shape index (κ2) is 8.84. The molecule has 0 radical (unpaired) electrons. The van der Waals surface area contributed by atoms with E-state index in [-0.39, 0.29) is 16.7 Å². The van der Waals surface area contributed by atoms with E-state index in [0.29, 0.717) is 22.2 Å². The largest absolute Gasteiger partial charge is 0.325 e. The van der Waals surface area contributed by atoms with E-state index in [1.54, 1.807) is 16.8 Å². The lowest BCUT2D eigenvalue weighted by atomic mass is 10.0. The Morgan fingerprint density at radius 1 is 1.03 bits per heavy atom. The Balaban J connectivity index is 1.50. The summed E-state index contributed by atoms with van der Waals surface area (Å²) in [6, 6.07) is 18.9. The van der Waals surface area contributed by atoms with Crippen LogP contribution in [0.5, 0.6) is 0 Å². The molecule has 0 saturated heterocycles. The van der Waals surface area contributed by atoms with E-state index in [9.17, 15) is 13.6 Å². The third kappa shape index (κ3) is 4.29. The van der Waals surface area contributed by atoms with Crippen molar-refractivity contribution < 1.29 is 13.6 Å². The molecule has 1 aliphatic heterocycles. The first kappa shape index (κ1) is 21.4. The van der Waals surface area contributed by atoms with Crippen molar-refractivity contribution in [3.63, 3.8) is 0 Å². The first-order chi connectivity index (χ1) is 16.0. The van der Waals surface area contributed by atoms with Crippen LogP contribution in [0.1, 0.15) is 11.6 Å². The fourth-order valence-electron chi connectivity index (χ4n) is 3.54. The Bertz CT molecular complexity index is 1320. The molecule has 166 valence electrons. The maximum atomic E-state index is 13.6. The highest BCUT2D eigenvalue weighted by atomic mass is 35.5. The van der Waals surface area contributed by atoms with Gasteiger partial charge < -0.3 is 10.7 Å². The van der Waals surface area contributed by atoms with Crippen molar-refractivity contribution in [2.45, 2.75) is 16.4 Å². The number of thioether (sulfide) groups is 1. The molecule has 1 aromatic heterocycles. The van der Waals surface area contributed by atoms with Gasteiger partial charge in [-0.25, -0.2) is 13.5 Å². The number of halogens is 3. The summed E-state index contributed by atoms with van der Waals surface area (Å²) < 4.78 is 28.8. The molecule has 1 aliphatic rings. The third-order valence-corrected chi connectivity index (χ3v) is 6.65. The number of nitrogens with one attached hydrogen (secondary N) is 2. The van der Waals surface area contributed by atoms with Crippen molar-refractivity contribution in [1.82, 2.24) is 14.9 Å². The monoisotopic (exact) mass is 483 g/mol. The molecule has 2 heterocycles. The molecule has 0 fully saturated rings. The molecular formula is C23H16ClF2N5OS. The minimum atomic E-state index is -0.681. The minimum absolute atomic E-state index is 0.0930. The van der Waals surface area contributed by atoms with Crippen LogP contribution in [0.3, 0.4) is 0 Å². The summed E-state index contributed by atoms with van der Waals surface area (Å²) in [5, 5.41) is 11.0. The molecule has 0 bridgehead atoms. The average Bonchev–Trinajstić information content (AvgIpc) is 3.25. The predicted molar refractivity (Wildman–Crippen MR) is 124 cm³/mol. The van der Waals surface area contributed by atoms with E-state index >= 15 is 0 Å². The Labute approximate surface area is 197 Å². The summed E-state index contributed by atoms with van der Waals surface area (Å²) in [6.07, 6.45) is 0. The highest BCUT2D eigenvalue weighted by Gasteiger charge is 2.38. The lowest BCUT2D eigenvalue weighted by Crippen LogP contribution is -2.41. The Morgan fingerprint density at radius 2 is 1.79 bits per heavy atom. The first-order valence-electron chi connectivity index (χ1n) is 9.95. The number of rotatable bonds is 4. The number of benzene rings is 3. The van der Waals surface area contributed by atoms with Crippen molar-refractivity contribution in [2.24, 2.45) is 0 Å². The van der Waals surface area contributed by atoms with E-state index in [4.69, 9.17) is 11.6 Å². The number of hydrogen-bond acceptors (Lipinski definition) is 5.